The molecule has 0 bridgehead atoms. The van der Waals surface area contributed by atoms with Gasteiger partial charge < -0.3 is 4.74 Å². The second-order valence-electron chi connectivity index (χ2n) is 3.99. The third kappa shape index (κ3) is 1.17. The van der Waals surface area contributed by atoms with Gasteiger partial charge in [-0.2, -0.15) is 0 Å². The Morgan fingerprint density at radius 3 is 2.83 bits per heavy atom. The van der Waals surface area contributed by atoms with Crippen LogP contribution in [0.4, 0.5) is 0 Å². The van der Waals surface area contributed by atoms with Crippen LogP contribution in [0.5, 0.6) is 0 Å². The molecule has 3 atom stereocenters. The molecule has 2 nitrogen and oxygen atoms in total. The van der Waals surface area contributed by atoms with Crippen molar-refractivity contribution in [2.75, 3.05) is 19.8 Å². The fraction of sp³-hybridized carbons (Fsp3) is 1.00. The molecule has 12 heavy (non-hydrogen) atoms. The second-order valence-corrected chi connectivity index (χ2v) is 3.99. The number of fused-ring (bicyclic) bond motifs is 1. The third-order valence-electron chi connectivity index (χ3n) is 3.47. The third-order valence-corrected chi connectivity index (χ3v) is 3.47. The van der Waals surface area contributed by atoms with E-state index in [0.717, 1.165) is 31.2 Å². The van der Waals surface area contributed by atoms with Gasteiger partial charge in [-0.25, -0.2) is 0 Å². The van der Waals surface area contributed by atoms with Crippen molar-refractivity contribution in [1.82, 2.24) is 4.90 Å². The quantitative estimate of drug-likeness (QED) is 0.621. The smallest absolute Gasteiger partial charge is 0.0625 e. The normalized spacial score (nSPS) is 42.0. The summed E-state index contributed by atoms with van der Waals surface area (Å²) in [6.45, 7) is 7.76. The number of rotatable bonds is 2. The maximum Gasteiger partial charge on any atom is 0.0625 e. The SMILES string of the molecule is CCC1CC2COCC2N1CC. The van der Waals surface area contributed by atoms with E-state index in [-0.39, 0.29) is 0 Å². The van der Waals surface area contributed by atoms with Gasteiger partial charge in [-0.05, 0) is 19.4 Å². The number of ether oxygens (including phenoxy) is 1. The van der Waals surface area contributed by atoms with E-state index in [1.165, 1.54) is 19.4 Å². The van der Waals surface area contributed by atoms with Crippen molar-refractivity contribution in [1.29, 1.82) is 0 Å². The molecule has 0 aromatic carbocycles. The number of hydrogen-bond acceptors (Lipinski definition) is 2. The van der Waals surface area contributed by atoms with Gasteiger partial charge in [0.15, 0.2) is 0 Å². The lowest BCUT2D eigenvalue weighted by atomic mass is 10.0. The first-order valence-corrected chi connectivity index (χ1v) is 5.20. The molecule has 2 aliphatic rings. The summed E-state index contributed by atoms with van der Waals surface area (Å²) in [6, 6.07) is 1.59. The van der Waals surface area contributed by atoms with Crippen LogP contribution in [-0.2, 0) is 4.74 Å². The highest BCUT2D eigenvalue weighted by Crippen LogP contribution is 2.35. The molecule has 2 fully saturated rings. The molecule has 3 unspecified atom stereocenters. The zero-order chi connectivity index (χ0) is 8.55. The number of likely N-dealkylation sites (N-methyl/N-ethyl adjacent to an activating group) is 1. The van der Waals surface area contributed by atoms with Crippen LogP contribution in [0.25, 0.3) is 0 Å². The number of likely N-dealkylation sites (tertiary alicyclic amines) is 1. The lowest BCUT2D eigenvalue weighted by Gasteiger charge is -2.26. The Bertz CT molecular complexity index is 160. The summed E-state index contributed by atoms with van der Waals surface area (Å²) in [5.41, 5.74) is 0. The molecule has 0 spiro atoms. The summed E-state index contributed by atoms with van der Waals surface area (Å²) in [6.07, 6.45) is 2.68. The molecule has 2 saturated heterocycles. The van der Waals surface area contributed by atoms with E-state index in [1.807, 2.05) is 0 Å². The molecular weight excluding hydrogens is 150 g/mol. The summed E-state index contributed by atoms with van der Waals surface area (Å²) in [5.74, 6) is 0.842. The summed E-state index contributed by atoms with van der Waals surface area (Å²) in [7, 11) is 0. The second kappa shape index (κ2) is 3.35. The first-order valence-electron chi connectivity index (χ1n) is 5.20. The van der Waals surface area contributed by atoms with E-state index < -0.39 is 0 Å². The molecule has 0 radical (unpaired) electrons. The van der Waals surface area contributed by atoms with Crippen LogP contribution in [-0.4, -0.2) is 36.7 Å². The zero-order valence-corrected chi connectivity index (χ0v) is 8.12. The van der Waals surface area contributed by atoms with Gasteiger partial charge in [0.25, 0.3) is 0 Å². The Hall–Kier alpha value is -0.0800. The summed E-state index contributed by atoms with van der Waals surface area (Å²) in [5, 5.41) is 0. The van der Waals surface area contributed by atoms with Crippen molar-refractivity contribution in [3.05, 3.63) is 0 Å². The predicted octanol–water partition coefficient (Wildman–Crippen LogP) is 1.51. The van der Waals surface area contributed by atoms with Gasteiger partial charge in [-0.15, -0.1) is 0 Å². The van der Waals surface area contributed by atoms with Gasteiger partial charge in [0.05, 0.1) is 13.2 Å². The Morgan fingerprint density at radius 2 is 2.17 bits per heavy atom. The van der Waals surface area contributed by atoms with Gasteiger partial charge in [0.2, 0.25) is 0 Å². The molecule has 0 saturated carbocycles. The van der Waals surface area contributed by atoms with Gasteiger partial charge in [0.1, 0.15) is 0 Å². The van der Waals surface area contributed by atoms with E-state index in [4.69, 9.17) is 4.74 Å². The van der Waals surface area contributed by atoms with E-state index in [2.05, 4.69) is 18.7 Å². The topological polar surface area (TPSA) is 12.5 Å². The van der Waals surface area contributed by atoms with E-state index in [0.29, 0.717) is 0 Å². The van der Waals surface area contributed by atoms with Gasteiger partial charge in [-0.1, -0.05) is 13.8 Å². The van der Waals surface area contributed by atoms with Crippen molar-refractivity contribution in [3.63, 3.8) is 0 Å². The average molecular weight is 169 g/mol. The van der Waals surface area contributed by atoms with Gasteiger partial charge in [0, 0.05) is 18.0 Å². The Kier molecular flexibility index (Phi) is 2.37. The maximum atomic E-state index is 5.49. The van der Waals surface area contributed by atoms with Crippen LogP contribution in [0, 0.1) is 5.92 Å². The zero-order valence-electron chi connectivity index (χ0n) is 8.12. The Morgan fingerprint density at radius 1 is 1.33 bits per heavy atom. The molecule has 0 aromatic heterocycles. The summed E-state index contributed by atoms with van der Waals surface area (Å²) >= 11 is 0. The van der Waals surface area contributed by atoms with Crippen LogP contribution in [0.3, 0.4) is 0 Å². The molecule has 0 aromatic rings. The molecule has 0 amide bonds. The summed E-state index contributed by atoms with van der Waals surface area (Å²) in [4.78, 5) is 2.64. The van der Waals surface area contributed by atoms with Gasteiger partial charge in [-0.3, -0.25) is 4.90 Å². The highest BCUT2D eigenvalue weighted by molar-refractivity contribution is 4.95. The first kappa shape index (κ1) is 8.52. The van der Waals surface area contributed by atoms with E-state index in [1.54, 1.807) is 0 Å². The van der Waals surface area contributed by atoms with E-state index >= 15 is 0 Å². The predicted molar refractivity (Wildman–Crippen MR) is 49.2 cm³/mol. The van der Waals surface area contributed by atoms with Crippen molar-refractivity contribution < 1.29 is 4.74 Å². The minimum absolute atomic E-state index is 0.750. The minimum atomic E-state index is 0.750. The molecule has 0 N–H and O–H groups in total. The molecule has 2 heterocycles. The van der Waals surface area contributed by atoms with Crippen molar-refractivity contribution in [3.8, 4) is 0 Å². The molecule has 70 valence electrons. The first-order chi connectivity index (χ1) is 5.86. The van der Waals surface area contributed by atoms with E-state index in [9.17, 15) is 0 Å². The monoisotopic (exact) mass is 169 g/mol. The fourth-order valence-electron chi connectivity index (χ4n) is 2.83. The van der Waals surface area contributed by atoms with Crippen molar-refractivity contribution >= 4 is 0 Å². The number of nitrogens with zero attached hydrogens (tertiary/aromatic N) is 1. The van der Waals surface area contributed by atoms with Crippen LogP contribution in [0.1, 0.15) is 26.7 Å². The highest BCUT2D eigenvalue weighted by atomic mass is 16.5. The maximum absolute atomic E-state index is 5.49. The van der Waals surface area contributed by atoms with Crippen LogP contribution >= 0.6 is 0 Å². The van der Waals surface area contributed by atoms with Crippen LogP contribution in [0.15, 0.2) is 0 Å². The minimum Gasteiger partial charge on any atom is -0.379 e. The molecule has 2 rings (SSSR count). The largest absolute Gasteiger partial charge is 0.379 e. The molecular formula is C10H19NO. The van der Waals surface area contributed by atoms with Crippen molar-refractivity contribution in [2.24, 2.45) is 5.92 Å². The van der Waals surface area contributed by atoms with Crippen LogP contribution < -0.4 is 0 Å². The Balaban J connectivity index is 2.05. The van der Waals surface area contributed by atoms with Gasteiger partial charge >= 0.3 is 0 Å². The molecule has 2 heteroatoms. The molecule has 0 aliphatic carbocycles. The summed E-state index contributed by atoms with van der Waals surface area (Å²) < 4.78 is 5.49. The van der Waals surface area contributed by atoms with Crippen molar-refractivity contribution in [2.45, 2.75) is 38.8 Å². The standard InChI is InChI=1S/C10H19NO/c1-3-9-5-8-6-12-7-10(8)11(9)4-2/h8-10H,3-7H2,1-2H3. The Labute approximate surface area is 74.9 Å². The fourth-order valence-corrected chi connectivity index (χ4v) is 2.83. The molecule has 2 aliphatic heterocycles. The lowest BCUT2D eigenvalue weighted by molar-refractivity contribution is 0.124. The average Bonchev–Trinajstić information content (AvgIpc) is 2.61. The number of hydrogen-bond donors (Lipinski definition) is 0. The van der Waals surface area contributed by atoms with Crippen LogP contribution in [0.2, 0.25) is 0 Å². The highest BCUT2D eigenvalue weighted by Gasteiger charge is 2.42. The lowest BCUT2D eigenvalue weighted by Crippen LogP contribution is -2.37.